The Hall–Kier alpha value is -1.36. The van der Waals surface area contributed by atoms with Crippen LogP contribution in [0.5, 0.6) is 5.75 Å². The van der Waals surface area contributed by atoms with Crippen LogP contribution in [-0.2, 0) is 9.53 Å². The van der Waals surface area contributed by atoms with Crippen molar-refractivity contribution < 1.29 is 34.7 Å². The summed E-state index contributed by atoms with van der Waals surface area (Å²) in [4.78, 5) is 14.0. The lowest BCUT2D eigenvalue weighted by Gasteiger charge is -2.38. The molecule has 1 aromatic heterocycles. The molecule has 2 heterocycles. The van der Waals surface area contributed by atoms with Gasteiger partial charge in [-0.05, 0) is 28.1 Å². The van der Waals surface area contributed by atoms with Gasteiger partial charge in [0.2, 0.25) is 6.29 Å². The van der Waals surface area contributed by atoms with Crippen LogP contribution in [0.25, 0.3) is 10.9 Å². The minimum absolute atomic E-state index is 0.263. The molecule has 130 valence electrons. The summed E-state index contributed by atoms with van der Waals surface area (Å²) in [5.74, 6) is -1.21. The van der Waals surface area contributed by atoms with E-state index >= 15 is 0 Å². The molecule has 24 heavy (non-hydrogen) atoms. The number of aliphatic hydroxyl groups is 3. The number of halogens is 2. The van der Waals surface area contributed by atoms with Crippen LogP contribution in [0.3, 0.4) is 0 Å². The second-order valence-corrected chi connectivity index (χ2v) is 6.58. The largest absolute Gasteiger partial charge is 0.479 e. The highest BCUT2D eigenvalue weighted by molar-refractivity contribution is 9.10. The lowest BCUT2D eigenvalue weighted by atomic mass is 9.99. The van der Waals surface area contributed by atoms with E-state index in [-0.39, 0.29) is 5.75 Å². The van der Waals surface area contributed by atoms with E-state index in [2.05, 4.69) is 20.9 Å². The summed E-state index contributed by atoms with van der Waals surface area (Å²) in [5.41, 5.74) is 0.652. The van der Waals surface area contributed by atoms with Crippen LogP contribution in [0.4, 0.5) is 0 Å². The smallest absolute Gasteiger partial charge is 0.335 e. The number of hydrogen-bond donors (Lipinski definition) is 5. The van der Waals surface area contributed by atoms with Crippen LogP contribution in [0.2, 0.25) is 5.02 Å². The van der Waals surface area contributed by atoms with Crippen LogP contribution in [0.1, 0.15) is 0 Å². The molecular formula is C14H13BrClNO7. The zero-order chi connectivity index (χ0) is 17.6. The molecule has 0 spiro atoms. The van der Waals surface area contributed by atoms with E-state index in [1.54, 1.807) is 12.1 Å². The van der Waals surface area contributed by atoms with Crippen LogP contribution in [-0.4, -0.2) is 62.1 Å². The Morgan fingerprint density at radius 3 is 2.62 bits per heavy atom. The summed E-state index contributed by atoms with van der Waals surface area (Å²) < 4.78 is 11.2. The van der Waals surface area contributed by atoms with Crippen LogP contribution < -0.4 is 4.74 Å². The number of aliphatic carboxylic acids is 1. The Balaban J connectivity index is 1.90. The summed E-state index contributed by atoms with van der Waals surface area (Å²) in [6.07, 6.45) is -6.84. The maximum absolute atomic E-state index is 11.1. The van der Waals surface area contributed by atoms with Crippen LogP contribution >= 0.6 is 27.5 Å². The number of carboxylic acids is 1. The topological polar surface area (TPSA) is 132 Å². The number of aliphatic hydroxyl groups excluding tert-OH is 3. The average Bonchev–Trinajstić information content (AvgIpc) is 2.90. The third kappa shape index (κ3) is 2.99. The predicted molar refractivity (Wildman–Crippen MR) is 86.0 cm³/mol. The number of ether oxygens (including phenoxy) is 2. The van der Waals surface area contributed by atoms with Gasteiger partial charge in [0.05, 0.1) is 10.5 Å². The fourth-order valence-corrected chi connectivity index (χ4v) is 2.97. The maximum atomic E-state index is 11.1. The minimum atomic E-state index is -1.77. The van der Waals surface area contributed by atoms with Gasteiger partial charge in [-0.15, -0.1) is 0 Å². The Kier molecular flexibility index (Phi) is 4.73. The Morgan fingerprint density at radius 1 is 1.25 bits per heavy atom. The number of carbonyl (C=O) groups is 1. The highest BCUT2D eigenvalue weighted by Crippen LogP contribution is 2.34. The van der Waals surface area contributed by atoms with Crippen molar-refractivity contribution in [1.29, 1.82) is 0 Å². The van der Waals surface area contributed by atoms with Crippen molar-refractivity contribution in [2.45, 2.75) is 30.7 Å². The number of benzene rings is 1. The van der Waals surface area contributed by atoms with Gasteiger partial charge in [-0.2, -0.15) is 0 Å². The number of H-pyrrole nitrogens is 1. The van der Waals surface area contributed by atoms with Crippen molar-refractivity contribution in [2.24, 2.45) is 0 Å². The van der Waals surface area contributed by atoms with Crippen LogP contribution in [0, 0.1) is 0 Å². The first-order valence-electron chi connectivity index (χ1n) is 6.85. The molecule has 5 N–H and O–H groups in total. The van der Waals surface area contributed by atoms with E-state index in [1.165, 1.54) is 6.20 Å². The number of aromatic nitrogens is 1. The van der Waals surface area contributed by atoms with Gasteiger partial charge in [0.15, 0.2) is 6.10 Å². The highest BCUT2D eigenvalue weighted by atomic mass is 79.9. The first-order chi connectivity index (χ1) is 11.3. The van der Waals surface area contributed by atoms with Gasteiger partial charge < -0.3 is 34.9 Å². The Bertz CT molecular complexity index is 782. The average molecular weight is 423 g/mol. The van der Waals surface area contributed by atoms with E-state index in [0.29, 0.717) is 20.4 Å². The number of aromatic amines is 1. The van der Waals surface area contributed by atoms with Crippen molar-refractivity contribution in [3.05, 3.63) is 27.8 Å². The third-order valence-corrected chi connectivity index (χ3v) is 4.94. The Labute approximate surface area is 148 Å². The van der Waals surface area contributed by atoms with Gasteiger partial charge in [0.25, 0.3) is 0 Å². The van der Waals surface area contributed by atoms with Gasteiger partial charge in [-0.3, -0.25) is 0 Å². The number of hydrogen-bond acceptors (Lipinski definition) is 6. The normalized spacial score (nSPS) is 30.5. The van der Waals surface area contributed by atoms with Gasteiger partial charge >= 0.3 is 5.97 Å². The van der Waals surface area contributed by atoms with Gasteiger partial charge in [-0.1, -0.05) is 11.6 Å². The van der Waals surface area contributed by atoms with Gasteiger partial charge in [0, 0.05) is 16.1 Å². The molecule has 10 heteroatoms. The molecule has 1 aliphatic heterocycles. The van der Waals surface area contributed by atoms with Crippen LogP contribution in [0.15, 0.2) is 22.8 Å². The quantitative estimate of drug-likeness (QED) is 0.495. The molecule has 3 rings (SSSR count). The standard InChI is InChI=1S/C14H13BrClNO7/c15-5-1-4-7(2-6(5)16)17-3-8(4)23-14-11(20)9(18)10(19)12(24-14)13(21)22/h1-3,9-12,14,17-20H,(H,21,22)/t9-,10+,11?,12?,14-/m1/s1. The van der Waals surface area contributed by atoms with E-state index < -0.39 is 36.7 Å². The molecule has 1 aromatic carbocycles. The Morgan fingerprint density at radius 2 is 1.96 bits per heavy atom. The van der Waals surface area contributed by atoms with Gasteiger partial charge in [-0.25, -0.2) is 4.79 Å². The molecule has 0 saturated carbocycles. The molecule has 2 aromatic rings. The van der Waals surface area contributed by atoms with E-state index in [4.69, 9.17) is 26.2 Å². The number of fused-ring (bicyclic) bond motifs is 1. The van der Waals surface area contributed by atoms with Crippen molar-refractivity contribution in [1.82, 2.24) is 4.98 Å². The molecule has 1 aliphatic rings. The fraction of sp³-hybridized carbons (Fsp3) is 0.357. The van der Waals surface area contributed by atoms with Crippen molar-refractivity contribution >= 4 is 44.4 Å². The predicted octanol–water partition coefficient (Wildman–Crippen LogP) is 0.855. The monoisotopic (exact) mass is 421 g/mol. The van der Waals surface area contributed by atoms with Gasteiger partial charge in [0.1, 0.15) is 24.1 Å². The second kappa shape index (κ2) is 6.51. The summed E-state index contributed by atoms with van der Waals surface area (Å²) in [6, 6.07) is 3.34. The number of nitrogens with one attached hydrogen (secondary N) is 1. The number of rotatable bonds is 3. The fourth-order valence-electron chi connectivity index (χ4n) is 2.46. The molecule has 0 aliphatic carbocycles. The third-order valence-electron chi connectivity index (χ3n) is 3.74. The maximum Gasteiger partial charge on any atom is 0.335 e. The molecule has 0 radical (unpaired) electrons. The molecule has 1 saturated heterocycles. The molecule has 1 fully saturated rings. The first-order valence-corrected chi connectivity index (χ1v) is 8.02. The first kappa shape index (κ1) is 17.5. The summed E-state index contributed by atoms with van der Waals surface area (Å²) in [5, 5.41) is 39.6. The summed E-state index contributed by atoms with van der Waals surface area (Å²) in [7, 11) is 0. The zero-order valence-electron chi connectivity index (χ0n) is 11.9. The highest BCUT2D eigenvalue weighted by Gasteiger charge is 2.48. The lowest BCUT2D eigenvalue weighted by molar-refractivity contribution is -0.270. The molecular weight excluding hydrogens is 410 g/mol. The van der Waals surface area contributed by atoms with Crippen molar-refractivity contribution in [3.8, 4) is 5.75 Å². The van der Waals surface area contributed by atoms with Crippen molar-refractivity contribution in [2.75, 3.05) is 0 Å². The van der Waals surface area contributed by atoms with E-state index in [9.17, 15) is 20.1 Å². The molecule has 0 bridgehead atoms. The molecule has 5 atom stereocenters. The molecule has 0 amide bonds. The van der Waals surface area contributed by atoms with E-state index in [0.717, 1.165) is 0 Å². The number of carboxylic acid groups (broad SMARTS) is 1. The molecule has 8 nitrogen and oxygen atoms in total. The van der Waals surface area contributed by atoms with E-state index in [1.807, 2.05) is 0 Å². The molecule has 2 unspecified atom stereocenters. The summed E-state index contributed by atoms with van der Waals surface area (Å²) >= 11 is 9.29. The SMILES string of the molecule is O=C(O)C1O[C@@H](Oc2c[nH]c3cc(Cl)c(Br)cc23)C(O)[C@H](O)[C@@H]1O. The zero-order valence-corrected chi connectivity index (χ0v) is 14.2. The second-order valence-electron chi connectivity index (χ2n) is 5.32. The minimum Gasteiger partial charge on any atom is -0.479 e. The lowest BCUT2D eigenvalue weighted by Crippen LogP contribution is -2.61. The summed E-state index contributed by atoms with van der Waals surface area (Å²) in [6.45, 7) is 0. The van der Waals surface area contributed by atoms with Crippen molar-refractivity contribution in [3.63, 3.8) is 0 Å².